The fraction of sp³-hybridized carbons (Fsp3) is 0.583. The molecule has 8 amide bonds. The molecule has 8 atom stereocenters. The summed E-state index contributed by atoms with van der Waals surface area (Å²) in [6.07, 6.45) is -1.85. The molecule has 0 radical (unpaired) electrons. The first kappa shape index (κ1) is 77.3. The number of carbonyl (C=O) groups excluding carboxylic acids is 10. The van der Waals surface area contributed by atoms with E-state index in [0.29, 0.717) is 43.9 Å². The van der Waals surface area contributed by atoms with Gasteiger partial charge in [0.15, 0.2) is 23.5 Å². The molecule has 30 heteroatoms. The number of carboxylic acid groups (broad SMARTS) is 1. The van der Waals surface area contributed by atoms with Gasteiger partial charge in [-0.05, 0) is 100 Å². The van der Waals surface area contributed by atoms with Crippen LogP contribution in [0.2, 0.25) is 0 Å². The van der Waals surface area contributed by atoms with Crippen LogP contribution in [0.3, 0.4) is 0 Å². The number of aliphatic imine (C=N–C) groups is 2. The number of methoxy groups -OCH3 is 1. The van der Waals surface area contributed by atoms with Crippen LogP contribution >= 0.6 is 0 Å². The van der Waals surface area contributed by atoms with Crippen LogP contribution in [0, 0.1) is 17.8 Å². The van der Waals surface area contributed by atoms with E-state index in [0.717, 1.165) is 4.90 Å². The highest BCUT2D eigenvalue weighted by Gasteiger charge is 2.37. The van der Waals surface area contributed by atoms with Gasteiger partial charge in [-0.1, -0.05) is 56.3 Å². The van der Waals surface area contributed by atoms with Crippen molar-refractivity contribution in [3.8, 4) is 5.75 Å². The van der Waals surface area contributed by atoms with E-state index >= 15 is 0 Å². The van der Waals surface area contributed by atoms with Crippen molar-refractivity contribution in [2.45, 2.75) is 147 Å². The number of carbonyl (C=O) groups is 11. The molecule has 500 valence electrons. The number of hydrogen-bond acceptors (Lipinski definition) is 17. The van der Waals surface area contributed by atoms with Crippen LogP contribution in [0.25, 0.3) is 0 Å². The smallest absolute Gasteiger partial charge is 0.303 e. The number of ether oxygens (including phenoxy) is 2. The standard InChI is InChI=1S/C60H95N15O15/c1-36(2)30-45(73-55(85)40(18-21-52(81)82)33-48(77)46(32-39-16-19-42(76)20-17-39)70-51(80)22-26-67-23-11-27-90-29-28-89-5)49(78)34-41(31-38-12-7-6-8-13-38)56(86)72-44(15-10-25-69-60(65)66)58(88)75(4)37(3)54(84)71-43(14-9-24-68-59(63)64)57(87)74-47(53(62)83)35-50(61)79/h6-8,12-13,16-17,19-20,36-37,40-41,43-47,67,76H,9-11,14-15,18,21-35H2,1-5H3,(H2,61,79)(H2,62,83)(H,70,80)(H,71,84)(H,72,86)(H,73,85)(H,74,87)(H,81,82)(H4,63,64,68)(H4,65,66,69)/t37-,40+,41+,43-,44-,45-,46-,47-/m0/s1. The van der Waals surface area contributed by atoms with Gasteiger partial charge in [0.1, 0.15) is 29.9 Å². The molecule has 0 aliphatic rings. The Hall–Kier alpha value is -8.77. The van der Waals surface area contributed by atoms with Crippen LogP contribution in [0.15, 0.2) is 64.6 Å². The Morgan fingerprint density at radius 2 is 1.12 bits per heavy atom. The van der Waals surface area contributed by atoms with Crippen molar-refractivity contribution in [1.82, 2.24) is 36.8 Å². The summed E-state index contributed by atoms with van der Waals surface area (Å²) >= 11 is 0. The Bertz CT molecular complexity index is 2710. The second-order valence-electron chi connectivity index (χ2n) is 22.3. The predicted molar refractivity (Wildman–Crippen MR) is 334 cm³/mol. The minimum Gasteiger partial charge on any atom is -0.508 e. The summed E-state index contributed by atoms with van der Waals surface area (Å²) in [5.74, 6) is -12.4. The van der Waals surface area contributed by atoms with Gasteiger partial charge in [-0.25, -0.2) is 0 Å². The number of nitrogens with one attached hydrogen (secondary N) is 6. The summed E-state index contributed by atoms with van der Waals surface area (Å²) in [5, 5.41) is 36.1. The lowest BCUT2D eigenvalue weighted by Crippen LogP contribution is -2.58. The minimum absolute atomic E-state index is 0.0132. The third-order valence-electron chi connectivity index (χ3n) is 14.3. The third kappa shape index (κ3) is 31.9. The van der Waals surface area contributed by atoms with E-state index < -0.39 is 139 Å². The molecular formula is C60H95N15O15. The number of aliphatic carboxylic acids is 1. The molecule has 2 rings (SSSR count). The molecule has 2 aromatic rings. The zero-order chi connectivity index (χ0) is 67.3. The summed E-state index contributed by atoms with van der Waals surface area (Å²) in [7, 11) is 2.86. The van der Waals surface area contributed by atoms with Crippen LogP contribution < -0.4 is 66.3 Å². The van der Waals surface area contributed by atoms with Gasteiger partial charge in [0, 0.05) is 77.9 Å². The highest BCUT2D eigenvalue weighted by molar-refractivity contribution is 5.98. The van der Waals surface area contributed by atoms with E-state index in [1.54, 1.807) is 63.4 Å². The predicted octanol–water partition coefficient (Wildman–Crippen LogP) is -1.99. The van der Waals surface area contributed by atoms with Crippen LogP contribution in [0.4, 0.5) is 0 Å². The van der Waals surface area contributed by atoms with Crippen molar-refractivity contribution >= 4 is 76.7 Å². The molecular weight excluding hydrogens is 1170 g/mol. The zero-order valence-corrected chi connectivity index (χ0v) is 52.2. The lowest BCUT2D eigenvalue weighted by molar-refractivity contribution is -0.143. The molecule has 0 aliphatic carbocycles. The lowest BCUT2D eigenvalue weighted by Gasteiger charge is -2.31. The number of Topliss-reactive ketones (excluding diaryl/α,β-unsaturated/α-hetero) is 2. The molecule has 30 nitrogen and oxygen atoms in total. The summed E-state index contributed by atoms with van der Waals surface area (Å²) in [6.45, 7) is 7.19. The normalized spacial score (nSPS) is 13.7. The van der Waals surface area contributed by atoms with E-state index in [2.05, 4.69) is 41.9 Å². The fourth-order valence-electron chi connectivity index (χ4n) is 9.26. The molecule has 0 fully saturated rings. The van der Waals surface area contributed by atoms with Gasteiger partial charge in [-0.2, -0.15) is 0 Å². The van der Waals surface area contributed by atoms with Gasteiger partial charge in [0.25, 0.3) is 0 Å². The number of guanidine groups is 2. The average molecular weight is 1270 g/mol. The second-order valence-corrected chi connectivity index (χ2v) is 22.3. The van der Waals surface area contributed by atoms with Crippen LogP contribution in [-0.2, 0) is 75.1 Å². The van der Waals surface area contributed by atoms with Gasteiger partial charge in [-0.15, -0.1) is 0 Å². The van der Waals surface area contributed by atoms with Crippen molar-refractivity contribution in [3.63, 3.8) is 0 Å². The molecule has 0 saturated carbocycles. The number of ketones is 2. The maximum absolute atomic E-state index is 14.8. The molecule has 0 unspecified atom stereocenters. The van der Waals surface area contributed by atoms with Gasteiger partial charge >= 0.3 is 5.97 Å². The zero-order valence-electron chi connectivity index (χ0n) is 52.2. The Labute approximate surface area is 524 Å². The molecule has 0 bridgehead atoms. The number of phenols is 1. The Morgan fingerprint density at radius 1 is 0.567 bits per heavy atom. The van der Waals surface area contributed by atoms with Gasteiger partial charge in [0.05, 0.1) is 31.7 Å². The number of phenolic OH excluding ortho intramolecular Hbond substituents is 1. The molecule has 90 heavy (non-hydrogen) atoms. The molecule has 0 saturated heterocycles. The molecule has 0 heterocycles. The number of rotatable bonds is 47. The first-order chi connectivity index (χ1) is 42.6. The number of amides is 8. The monoisotopic (exact) mass is 1270 g/mol. The largest absolute Gasteiger partial charge is 0.508 e. The number of primary amides is 2. The second kappa shape index (κ2) is 42.2. The maximum atomic E-state index is 14.8. The Kier molecular flexibility index (Phi) is 36.3. The first-order valence-corrected chi connectivity index (χ1v) is 29.9. The Balaban J connectivity index is 2.51. The van der Waals surface area contributed by atoms with Crippen molar-refractivity contribution in [2.75, 3.05) is 60.2 Å². The van der Waals surface area contributed by atoms with Gasteiger partial charge < -0.3 is 90.9 Å². The molecule has 0 aromatic heterocycles. The number of carboxylic acids is 1. The third-order valence-corrected chi connectivity index (χ3v) is 14.3. The van der Waals surface area contributed by atoms with E-state index in [9.17, 15) is 63.0 Å². The fourth-order valence-corrected chi connectivity index (χ4v) is 9.26. The van der Waals surface area contributed by atoms with Crippen LogP contribution in [-0.4, -0.2) is 188 Å². The van der Waals surface area contributed by atoms with Crippen LogP contribution in [0.1, 0.15) is 109 Å². The van der Waals surface area contributed by atoms with Crippen molar-refractivity contribution < 1.29 is 72.4 Å². The van der Waals surface area contributed by atoms with E-state index in [1.165, 1.54) is 26.1 Å². The summed E-state index contributed by atoms with van der Waals surface area (Å²) in [6, 6.07) is 6.52. The highest BCUT2D eigenvalue weighted by Crippen LogP contribution is 2.22. The van der Waals surface area contributed by atoms with E-state index in [1.807, 2.05) is 0 Å². The minimum atomic E-state index is -1.53. The summed E-state index contributed by atoms with van der Waals surface area (Å²) in [4.78, 5) is 158. The highest BCUT2D eigenvalue weighted by atomic mass is 16.5. The maximum Gasteiger partial charge on any atom is 0.303 e. The number of benzene rings is 2. The number of nitrogens with two attached hydrogens (primary N) is 6. The molecule has 0 spiro atoms. The van der Waals surface area contributed by atoms with Crippen molar-refractivity contribution in [2.24, 2.45) is 62.1 Å². The molecule has 2 aromatic carbocycles. The molecule has 20 N–H and O–H groups in total. The van der Waals surface area contributed by atoms with Gasteiger partial charge in [0.2, 0.25) is 47.3 Å². The average Bonchev–Trinajstić information content (AvgIpc) is 2.11. The van der Waals surface area contributed by atoms with E-state index in [4.69, 9.17) is 43.9 Å². The van der Waals surface area contributed by atoms with Crippen molar-refractivity contribution in [1.29, 1.82) is 0 Å². The lowest BCUT2D eigenvalue weighted by atomic mass is 9.87. The molecule has 0 aliphatic heterocycles. The topological polar surface area (TPSA) is 503 Å². The SMILES string of the molecule is COCCOCCCNCCC(=O)N[C@@H](Cc1ccc(O)cc1)C(=O)C[C@@H](CCC(=O)O)C(=O)N[C@@H](CC(C)C)C(=O)C[C@@H](Cc1ccccc1)C(=O)N[C@@H](CCCN=C(N)N)C(=O)N(C)[C@@H](C)C(=O)N[C@@H](CCCN=C(N)N)C(=O)N[C@@H](CC(N)=O)C(N)=O. The number of likely N-dealkylation sites (N-methyl/N-ethyl adjacent to an activating group) is 1. The first-order valence-electron chi connectivity index (χ1n) is 29.9. The summed E-state index contributed by atoms with van der Waals surface area (Å²) < 4.78 is 10.4. The van der Waals surface area contributed by atoms with Crippen molar-refractivity contribution in [3.05, 3.63) is 65.7 Å². The number of nitrogens with zero attached hydrogens (tertiary/aromatic N) is 3. The summed E-state index contributed by atoms with van der Waals surface area (Å²) in [5.41, 5.74) is 33.9. The van der Waals surface area contributed by atoms with Crippen LogP contribution in [0.5, 0.6) is 5.75 Å². The van der Waals surface area contributed by atoms with E-state index in [-0.39, 0.29) is 101 Å². The Morgan fingerprint density at radius 3 is 1.70 bits per heavy atom. The number of hydrogen-bond donors (Lipinski definition) is 14. The quantitative estimate of drug-likeness (QED) is 0.0194. The number of aromatic hydroxyl groups is 1. The van der Waals surface area contributed by atoms with Gasteiger partial charge in [-0.3, -0.25) is 62.7 Å².